The van der Waals surface area contributed by atoms with Crippen molar-refractivity contribution < 1.29 is 14.3 Å². The lowest BCUT2D eigenvalue weighted by atomic mass is 10.0. The molecule has 0 aromatic carbocycles. The van der Waals surface area contributed by atoms with Gasteiger partial charge in [0.2, 0.25) is 0 Å². The summed E-state index contributed by atoms with van der Waals surface area (Å²) < 4.78 is 12.1. The Morgan fingerprint density at radius 1 is 1.32 bits per heavy atom. The Balaban J connectivity index is 1.56. The topological polar surface area (TPSA) is 64.6 Å². The van der Waals surface area contributed by atoms with Gasteiger partial charge in [-0.15, -0.1) is 0 Å². The van der Waals surface area contributed by atoms with Crippen LogP contribution in [0.4, 0.5) is 0 Å². The number of aromatic nitrogens is 2. The molecule has 2 aliphatic heterocycles. The third kappa shape index (κ3) is 3.22. The van der Waals surface area contributed by atoms with Gasteiger partial charge in [-0.2, -0.15) is 0 Å². The van der Waals surface area contributed by atoms with Crippen molar-refractivity contribution in [3.05, 3.63) is 54.1 Å². The molecule has 0 saturated carbocycles. The second kappa shape index (κ2) is 6.80. The monoisotopic (exact) mass is 339 g/mol. The van der Waals surface area contributed by atoms with Gasteiger partial charge in [0.25, 0.3) is 5.91 Å². The Kier molecular flexibility index (Phi) is 4.36. The summed E-state index contributed by atoms with van der Waals surface area (Å²) in [6.45, 7) is 3.13. The minimum atomic E-state index is -0.183. The number of amides is 1. The molecule has 3 atom stereocenters. The standard InChI is InChI=1S/C19H21N3O3/c1-13-6-7-14(10-21-13)19(23)22-12-17(18-16(22)5-3-9-24-18)25-15-4-2-8-20-11-15/h2,4,6-8,10-11,16-18H,3,5,9,12H2,1H3/t16-,17+,18+/m1/s1. The Labute approximate surface area is 146 Å². The molecule has 130 valence electrons. The number of nitrogens with zero attached hydrogens (tertiary/aromatic N) is 3. The Bertz CT molecular complexity index is 735. The number of fused-ring (bicyclic) bond motifs is 1. The highest BCUT2D eigenvalue weighted by Gasteiger charge is 2.47. The van der Waals surface area contributed by atoms with Crippen molar-refractivity contribution >= 4 is 5.91 Å². The van der Waals surface area contributed by atoms with Gasteiger partial charge in [0, 0.05) is 24.7 Å². The predicted octanol–water partition coefficient (Wildman–Crippen LogP) is 2.24. The van der Waals surface area contributed by atoms with Crippen LogP contribution >= 0.6 is 0 Å². The Morgan fingerprint density at radius 3 is 3.00 bits per heavy atom. The molecule has 0 radical (unpaired) electrons. The molecule has 25 heavy (non-hydrogen) atoms. The summed E-state index contributed by atoms with van der Waals surface area (Å²) in [5.74, 6) is 0.692. The van der Waals surface area contributed by atoms with Gasteiger partial charge in [0.05, 0.1) is 24.3 Å². The van der Waals surface area contributed by atoms with E-state index in [1.165, 1.54) is 0 Å². The van der Waals surface area contributed by atoms with Crippen LogP contribution in [0.5, 0.6) is 5.75 Å². The highest BCUT2D eigenvalue weighted by atomic mass is 16.5. The van der Waals surface area contributed by atoms with Crippen LogP contribution in [0.3, 0.4) is 0 Å². The highest BCUT2D eigenvalue weighted by Crippen LogP contribution is 2.32. The summed E-state index contributed by atoms with van der Waals surface area (Å²) in [5, 5.41) is 0. The van der Waals surface area contributed by atoms with Gasteiger partial charge in [0.15, 0.2) is 0 Å². The summed E-state index contributed by atoms with van der Waals surface area (Å²) in [4.78, 5) is 23.2. The van der Waals surface area contributed by atoms with Crippen LogP contribution in [0.15, 0.2) is 42.9 Å². The Morgan fingerprint density at radius 2 is 2.24 bits per heavy atom. The smallest absolute Gasteiger partial charge is 0.255 e. The first-order valence-electron chi connectivity index (χ1n) is 8.64. The average Bonchev–Trinajstić information content (AvgIpc) is 3.01. The third-order valence-corrected chi connectivity index (χ3v) is 4.82. The molecule has 0 N–H and O–H groups in total. The minimum Gasteiger partial charge on any atom is -0.484 e. The number of hydrogen-bond acceptors (Lipinski definition) is 5. The lowest BCUT2D eigenvalue weighted by Crippen LogP contribution is -2.44. The lowest BCUT2D eigenvalue weighted by Gasteiger charge is -2.32. The zero-order chi connectivity index (χ0) is 17.2. The van der Waals surface area contributed by atoms with E-state index < -0.39 is 0 Å². The number of carbonyl (C=O) groups excluding carboxylic acids is 1. The molecule has 4 heterocycles. The number of pyridine rings is 2. The minimum absolute atomic E-state index is 0.00899. The largest absolute Gasteiger partial charge is 0.484 e. The molecule has 0 unspecified atom stereocenters. The van der Waals surface area contributed by atoms with Crippen LogP contribution in [0.25, 0.3) is 0 Å². The van der Waals surface area contributed by atoms with Crippen molar-refractivity contribution in [1.29, 1.82) is 0 Å². The van der Waals surface area contributed by atoms with Gasteiger partial charge in [-0.1, -0.05) is 0 Å². The van der Waals surface area contributed by atoms with Gasteiger partial charge < -0.3 is 14.4 Å². The van der Waals surface area contributed by atoms with Crippen molar-refractivity contribution in [3.8, 4) is 5.75 Å². The maximum absolute atomic E-state index is 13.0. The van der Waals surface area contributed by atoms with Crippen LogP contribution in [0, 0.1) is 6.92 Å². The lowest BCUT2D eigenvalue weighted by molar-refractivity contribution is -0.0447. The number of rotatable bonds is 3. The van der Waals surface area contributed by atoms with Gasteiger partial charge >= 0.3 is 0 Å². The first-order chi connectivity index (χ1) is 12.2. The normalized spacial score (nSPS) is 25.5. The first-order valence-corrected chi connectivity index (χ1v) is 8.64. The molecule has 6 heteroatoms. The molecule has 0 spiro atoms. The second-order valence-corrected chi connectivity index (χ2v) is 6.54. The molecular weight excluding hydrogens is 318 g/mol. The van der Waals surface area contributed by atoms with E-state index in [2.05, 4.69) is 9.97 Å². The Hall–Kier alpha value is -2.47. The van der Waals surface area contributed by atoms with E-state index in [1.54, 1.807) is 18.6 Å². The highest BCUT2D eigenvalue weighted by molar-refractivity contribution is 5.94. The summed E-state index contributed by atoms with van der Waals surface area (Å²) >= 11 is 0. The molecule has 2 saturated heterocycles. The predicted molar refractivity (Wildman–Crippen MR) is 91.4 cm³/mol. The van der Waals surface area contributed by atoms with Gasteiger partial charge in [-0.3, -0.25) is 14.8 Å². The van der Waals surface area contributed by atoms with Crippen LogP contribution in [0.2, 0.25) is 0 Å². The molecular formula is C19H21N3O3. The molecule has 1 amide bonds. The van der Waals surface area contributed by atoms with E-state index in [-0.39, 0.29) is 24.2 Å². The zero-order valence-electron chi connectivity index (χ0n) is 14.2. The molecule has 2 aliphatic rings. The maximum Gasteiger partial charge on any atom is 0.255 e. The summed E-state index contributed by atoms with van der Waals surface area (Å²) in [5.41, 5.74) is 1.51. The molecule has 4 rings (SSSR count). The fourth-order valence-corrected chi connectivity index (χ4v) is 3.60. The van der Waals surface area contributed by atoms with Crippen molar-refractivity contribution in [2.24, 2.45) is 0 Å². The molecule has 6 nitrogen and oxygen atoms in total. The van der Waals surface area contributed by atoms with E-state index in [0.29, 0.717) is 24.5 Å². The van der Waals surface area contributed by atoms with Crippen LogP contribution in [-0.4, -0.2) is 52.2 Å². The SMILES string of the molecule is Cc1ccc(C(=O)N2C[C@H](Oc3cccnc3)[C@H]3OCCC[C@H]32)cn1. The van der Waals surface area contributed by atoms with E-state index in [1.807, 2.05) is 36.1 Å². The number of carbonyl (C=O) groups is 1. The fraction of sp³-hybridized carbons (Fsp3) is 0.421. The molecule has 2 aromatic rings. The van der Waals surface area contributed by atoms with Crippen LogP contribution in [-0.2, 0) is 4.74 Å². The van der Waals surface area contributed by atoms with Gasteiger partial charge in [0.1, 0.15) is 18.0 Å². The number of likely N-dealkylation sites (tertiary alicyclic amines) is 1. The maximum atomic E-state index is 13.0. The van der Waals surface area contributed by atoms with Crippen LogP contribution in [0.1, 0.15) is 28.9 Å². The second-order valence-electron chi connectivity index (χ2n) is 6.54. The quantitative estimate of drug-likeness (QED) is 0.858. The number of ether oxygens (including phenoxy) is 2. The molecule has 0 bridgehead atoms. The molecule has 2 fully saturated rings. The van der Waals surface area contributed by atoms with Crippen molar-refractivity contribution in [2.75, 3.05) is 13.2 Å². The van der Waals surface area contributed by atoms with Gasteiger partial charge in [-0.25, -0.2) is 0 Å². The van der Waals surface area contributed by atoms with Crippen LogP contribution < -0.4 is 4.74 Å². The van der Waals surface area contributed by atoms with Gasteiger partial charge in [-0.05, 0) is 44.0 Å². The number of hydrogen-bond donors (Lipinski definition) is 0. The average molecular weight is 339 g/mol. The molecule has 2 aromatic heterocycles. The molecule has 0 aliphatic carbocycles. The van der Waals surface area contributed by atoms with Crippen molar-refractivity contribution in [3.63, 3.8) is 0 Å². The van der Waals surface area contributed by atoms with Crippen molar-refractivity contribution in [1.82, 2.24) is 14.9 Å². The first kappa shape index (κ1) is 16.0. The van der Waals surface area contributed by atoms with Crippen molar-refractivity contribution in [2.45, 2.75) is 38.0 Å². The van der Waals surface area contributed by atoms with E-state index in [0.717, 1.165) is 18.5 Å². The summed E-state index contributed by atoms with van der Waals surface area (Å²) in [6, 6.07) is 7.45. The van der Waals surface area contributed by atoms with E-state index in [9.17, 15) is 4.79 Å². The van der Waals surface area contributed by atoms with E-state index in [4.69, 9.17) is 9.47 Å². The zero-order valence-corrected chi connectivity index (χ0v) is 14.2. The number of aryl methyl sites for hydroxylation is 1. The van der Waals surface area contributed by atoms with E-state index >= 15 is 0 Å². The summed E-state index contributed by atoms with van der Waals surface area (Å²) in [6.07, 6.45) is 6.65. The fourth-order valence-electron chi connectivity index (χ4n) is 3.60. The third-order valence-electron chi connectivity index (χ3n) is 4.82. The summed E-state index contributed by atoms with van der Waals surface area (Å²) in [7, 11) is 0.